The van der Waals surface area contributed by atoms with Crippen molar-refractivity contribution in [3.63, 3.8) is 0 Å². The van der Waals surface area contributed by atoms with E-state index in [4.69, 9.17) is 5.73 Å². The first-order valence-corrected chi connectivity index (χ1v) is 7.76. The van der Waals surface area contributed by atoms with Gasteiger partial charge < -0.3 is 15.5 Å². The van der Waals surface area contributed by atoms with Crippen molar-refractivity contribution in [2.24, 2.45) is 11.7 Å². The predicted octanol–water partition coefficient (Wildman–Crippen LogP) is 2.17. The van der Waals surface area contributed by atoms with E-state index in [9.17, 15) is 0 Å². The van der Waals surface area contributed by atoms with Gasteiger partial charge in [0.05, 0.1) is 0 Å². The maximum atomic E-state index is 5.63. The van der Waals surface area contributed by atoms with E-state index < -0.39 is 0 Å². The van der Waals surface area contributed by atoms with E-state index in [1.54, 1.807) is 0 Å². The first kappa shape index (κ1) is 15.9. The third-order valence-corrected chi connectivity index (χ3v) is 4.00. The second kappa shape index (κ2) is 8.89. The summed E-state index contributed by atoms with van der Waals surface area (Å²) in [5.41, 5.74) is 5.63. The Morgan fingerprint density at radius 1 is 1.28 bits per heavy atom. The lowest BCUT2D eigenvalue weighted by Crippen LogP contribution is -2.40. The van der Waals surface area contributed by atoms with Gasteiger partial charge in [0.25, 0.3) is 0 Å². The Morgan fingerprint density at radius 2 is 2.06 bits per heavy atom. The fourth-order valence-electron chi connectivity index (χ4n) is 2.97. The van der Waals surface area contributed by atoms with Crippen LogP contribution in [0.1, 0.15) is 46.0 Å². The van der Waals surface area contributed by atoms with Gasteiger partial charge in [-0.15, -0.1) is 0 Å². The molecule has 0 bridgehead atoms. The molecule has 0 aromatic carbocycles. The Kier molecular flexibility index (Phi) is 7.87. The van der Waals surface area contributed by atoms with Gasteiger partial charge in [0, 0.05) is 12.6 Å². The van der Waals surface area contributed by atoms with E-state index in [0.29, 0.717) is 0 Å². The molecule has 1 unspecified atom stereocenters. The van der Waals surface area contributed by atoms with E-state index in [1.165, 1.54) is 51.9 Å². The fourth-order valence-corrected chi connectivity index (χ4v) is 2.97. The van der Waals surface area contributed by atoms with Gasteiger partial charge in [-0.3, -0.25) is 0 Å². The van der Waals surface area contributed by atoms with Crippen LogP contribution in [-0.2, 0) is 0 Å². The highest BCUT2D eigenvalue weighted by Gasteiger charge is 2.19. The Hall–Kier alpha value is -0.120. The smallest absolute Gasteiger partial charge is 0.0104 e. The molecule has 18 heavy (non-hydrogen) atoms. The fraction of sp³-hybridized carbons (Fsp3) is 1.00. The molecule has 0 aromatic rings. The average molecular weight is 255 g/mol. The highest BCUT2D eigenvalue weighted by molar-refractivity contribution is 4.76. The summed E-state index contributed by atoms with van der Waals surface area (Å²) in [5.74, 6) is 0.756. The summed E-state index contributed by atoms with van der Waals surface area (Å²) in [4.78, 5) is 5.17. The maximum absolute atomic E-state index is 5.63. The van der Waals surface area contributed by atoms with Gasteiger partial charge in [0.15, 0.2) is 0 Å². The van der Waals surface area contributed by atoms with Crippen molar-refractivity contribution in [1.29, 1.82) is 0 Å². The second-order valence-corrected chi connectivity index (χ2v) is 6.26. The molecular weight excluding hydrogens is 222 g/mol. The number of hydrogen-bond donors (Lipinski definition) is 1. The van der Waals surface area contributed by atoms with Crippen molar-refractivity contribution in [3.05, 3.63) is 0 Å². The van der Waals surface area contributed by atoms with Crippen LogP contribution in [0, 0.1) is 5.92 Å². The molecule has 3 nitrogen and oxygen atoms in total. The zero-order valence-corrected chi connectivity index (χ0v) is 12.7. The number of nitrogens with zero attached hydrogens (tertiary/aromatic N) is 2. The first-order chi connectivity index (χ1) is 8.63. The van der Waals surface area contributed by atoms with Gasteiger partial charge in [-0.05, 0) is 64.8 Å². The monoisotopic (exact) mass is 255 g/mol. The lowest BCUT2D eigenvalue weighted by molar-refractivity contribution is 0.148. The molecule has 0 aromatic heterocycles. The van der Waals surface area contributed by atoms with Crippen molar-refractivity contribution >= 4 is 0 Å². The van der Waals surface area contributed by atoms with Crippen LogP contribution in [0.2, 0.25) is 0 Å². The second-order valence-electron chi connectivity index (χ2n) is 6.26. The summed E-state index contributed by atoms with van der Waals surface area (Å²) in [7, 11) is 2.29. The largest absolute Gasteiger partial charge is 0.330 e. The van der Waals surface area contributed by atoms with Crippen LogP contribution in [0.25, 0.3) is 0 Å². The van der Waals surface area contributed by atoms with Crippen molar-refractivity contribution < 1.29 is 0 Å². The molecule has 0 spiro atoms. The van der Waals surface area contributed by atoms with Crippen LogP contribution >= 0.6 is 0 Å². The molecule has 1 atom stereocenters. The summed E-state index contributed by atoms with van der Waals surface area (Å²) in [6.45, 7) is 10.4. The van der Waals surface area contributed by atoms with Gasteiger partial charge in [-0.1, -0.05) is 20.3 Å². The van der Waals surface area contributed by atoms with Gasteiger partial charge in [0.2, 0.25) is 0 Å². The molecule has 1 heterocycles. The normalized spacial score (nSPS) is 22.0. The van der Waals surface area contributed by atoms with Gasteiger partial charge in [-0.2, -0.15) is 0 Å². The summed E-state index contributed by atoms with van der Waals surface area (Å²) in [6, 6.07) is 0.811. The Balaban J connectivity index is 2.30. The first-order valence-electron chi connectivity index (χ1n) is 7.76. The molecule has 3 heteroatoms. The number of rotatable bonds is 8. The third-order valence-electron chi connectivity index (χ3n) is 4.00. The minimum absolute atomic E-state index is 0.756. The molecule has 108 valence electrons. The van der Waals surface area contributed by atoms with Crippen molar-refractivity contribution in [3.8, 4) is 0 Å². The van der Waals surface area contributed by atoms with E-state index in [2.05, 4.69) is 30.7 Å². The lowest BCUT2D eigenvalue weighted by Gasteiger charge is -2.34. The van der Waals surface area contributed by atoms with Crippen LogP contribution < -0.4 is 5.73 Å². The predicted molar refractivity (Wildman–Crippen MR) is 79.8 cm³/mol. The summed E-state index contributed by atoms with van der Waals surface area (Å²) >= 11 is 0. The van der Waals surface area contributed by atoms with E-state index in [1.807, 2.05) is 0 Å². The summed E-state index contributed by atoms with van der Waals surface area (Å²) in [6.07, 6.45) is 6.65. The molecule has 1 aliphatic rings. The zero-order chi connectivity index (χ0) is 13.4. The summed E-state index contributed by atoms with van der Waals surface area (Å²) in [5, 5.41) is 0. The molecule has 0 saturated carbocycles. The highest BCUT2D eigenvalue weighted by Crippen LogP contribution is 2.18. The molecule has 2 N–H and O–H groups in total. The van der Waals surface area contributed by atoms with E-state index >= 15 is 0 Å². The SMILES string of the molecule is CC(C)CN(CCCN)CCC1CCCCN1C. The molecule has 0 amide bonds. The molecule has 0 radical (unpaired) electrons. The van der Waals surface area contributed by atoms with Gasteiger partial charge in [0.1, 0.15) is 0 Å². The van der Waals surface area contributed by atoms with Crippen LogP contribution in [0.4, 0.5) is 0 Å². The van der Waals surface area contributed by atoms with Crippen molar-refractivity contribution in [2.75, 3.05) is 39.8 Å². The zero-order valence-electron chi connectivity index (χ0n) is 12.7. The summed E-state index contributed by atoms with van der Waals surface area (Å²) < 4.78 is 0. The van der Waals surface area contributed by atoms with Crippen LogP contribution in [0.15, 0.2) is 0 Å². The number of hydrogen-bond acceptors (Lipinski definition) is 3. The minimum atomic E-state index is 0.756. The molecule has 1 fully saturated rings. The molecule has 1 rings (SSSR count). The van der Waals surface area contributed by atoms with Gasteiger partial charge >= 0.3 is 0 Å². The Bertz CT molecular complexity index is 206. The van der Waals surface area contributed by atoms with Crippen LogP contribution in [-0.4, -0.2) is 55.6 Å². The number of piperidine rings is 1. The van der Waals surface area contributed by atoms with Crippen molar-refractivity contribution in [2.45, 2.75) is 52.0 Å². The maximum Gasteiger partial charge on any atom is 0.0104 e. The van der Waals surface area contributed by atoms with E-state index in [0.717, 1.165) is 24.9 Å². The topological polar surface area (TPSA) is 32.5 Å². The standard InChI is InChI=1S/C15H33N3/c1-14(2)13-18(11-6-9-16)12-8-15-7-4-5-10-17(15)3/h14-15H,4-13,16H2,1-3H3. The quantitative estimate of drug-likeness (QED) is 0.721. The van der Waals surface area contributed by atoms with Crippen molar-refractivity contribution in [1.82, 2.24) is 9.80 Å². The number of likely N-dealkylation sites (tertiary alicyclic amines) is 1. The Morgan fingerprint density at radius 3 is 2.67 bits per heavy atom. The molecule has 1 saturated heterocycles. The average Bonchev–Trinajstić information content (AvgIpc) is 2.34. The highest BCUT2D eigenvalue weighted by atomic mass is 15.2. The van der Waals surface area contributed by atoms with Crippen LogP contribution in [0.5, 0.6) is 0 Å². The van der Waals surface area contributed by atoms with E-state index in [-0.39, 0.29) is 0 Å². The van der Waals surface area contributed by atoms with Crippen LogP contribution in [0.3, 0.4) is 0 Å². The lowest BCUT2D eigenvalue weighted by atomic mass is 10.00. The number of nitrogens with two attached hydrogens (primary N) is 1. The third kappa shape index (κ3) is 6.17. The minimum Gasteiger partial charge on any atom is -0.330 e. The molecule has 1 aliphatic heterocycles. The molecule has 0 aliphatic carbocycles. The molecular formula is C15H33N3. The van der Waals surface area contributed by atoms with Gasteiger partial charge in [-0.25, -0.2) is 0 Å². The Labute approximate surface area is 114 Å².